The highest BCUT2D eigenvalue weighted by Gasteiger charge is 2.48. The summed E-state index contributed by atoms with van der Waals surface area (Å²) in [4.78, 5) is 43.6. The largest absolute Gasteiger partial charge is 0.416 e. The zero-order valence-electron chi connectivity index (χ0n) is 18.6. The van der Waals surface area contributed by atoms with Gasteiger partial charge in [0.2, 0.25) is 5.91 Å². The Hall–Kier alpha value is -3.34. The lowest BCUT2D eigenvalue weighted by Crippen LogP contribution is -2.51. The number of urea groups is 1. The van der Waals surface area contributed by atoms with Crippen molar-refractivity contribution in [3.8, 4) is 0 Å². The average Bonchev–Trinajstić information content (AvgIpc) is 3.17. The van der Waals surface area contributed by atoms with E-state index in [2.05, 4.69) is 11.9 Å². The monoisotopic (exact) mass is 478 g/mol. The molecule has 1 aromatic rings. The molecule has 4 amide bonds. The maximum atomic E-state index is 13.7. The zero-order chi connectivity index (χ0) is 24.6. The molecule has 3 aliphatic heterocycles. The fourth-order valence-electron chi connectivity index (χ4n) is 4.57. The van der Waals surface area contributed by atoms with Crippen molar-refractivity contribution in [1.29, 1.82) is 0 Å². The second-order valence-electron chi connectivity index (χ2n) is 8.27. The lowest BCUT2D eigenvalue weighted by atomic mass is 9.91. The molecule has 0 bridgehead atoms. The van der Waals surface area contributed by atoms with Gasteiger partial charge < -0.3 is 19.9 Å². The predicted molar refractivity (Wildman–Crippen MR) is 115 cm³/mol. The zero-order valence-corrected chi connectivity index (χ0v) is 18.6. The van der Waals surface area contributed by atoms with Gasteiger partial charge in [0.1, 0.15) is 6.04 Å². The second kappa shape index (κ2) is 9.13. The maximum Gasteiger partial charge on any atom is 0.416 e. The summed E-state index contributed by atoms with van der Waals surface area (Å²) in [5.41, 5.74) is -0.860. The minimum atomic E-state index is -4.68. The molecule has 2 atom stereocenters. The van der Waals surface area contributed by atoms with Crippen LogP contribution in [0.3, 0.4) is 0 Å². The Balaban J connectivity index is 1.72. The number of halogens is 3. The quantitative estimate of drug-likeness (QED) is 0.659. The molecular weight excluding hydrogens is 453 g/mol. The van der Waals surface area contributed by atoms with Crippen molar-refractivity contribution in [3.63, 3.8) is 0 Å². The van der Waals surface area contributed by atoms with Gasteiger partial charge >= 0.3 is 12.2 Å². The number of hydrogen-bond acceptors (Lipinski definition) is 4. The number of hydrogen-bond donors (Lipinski definition) is 1. The highest BCUT2D eigenvalue weighted by atomic mass is 19.4. The molecule has 0 saturated carbocycles. The summed E-state index contributed by atoms with van der Waals surface area (Å²) in [5.74, 6) is -0.863. The highest BCUT2D eigenvalue weighted by molar-refractivity contribution is 6.03. The van der Waals surface area contributed by atoms with Gasteiger partial charge in [0.25, 0.3) is 5.91 Å². The van der Waals surface area contributed by atoms with Gasteiger partial charge in [-0.25, -0.2) is 4.79 Å². The summed E-state index contributed by atoms with van der Waals surface area (Å²) in [5, 5.41) is 2.56. The third-order valence-electron chi connectivity index (χ3n) is 6.29. The Labute approximate surface area is 194 Å². The van der Waals surface area contributed by atoms with E-state index in [-0.39, 0.29) is 35.8 Å². The van der Waals surface area contributed by atoms with Gasteiger partial charge in [0.05, 0.1) is 42.6 Å². The summed E-state index contributed by atoms with van der Waals surface area (Å²) in [6, 6.07) is 2.04. The van der Waals surface area contributed by atoms with E-state index in [9.17, 15) is 27.6 Å². The van der Waals surface area contributed by atoms with E-state index in [1.807, 2.05) is 0 Å². The Kier molecular flexibility index (Phi) is 6.39. The van der Waals surface area contributed by atoms with Crippen LogP contribution in [0.5, 0.6) is 0 Å². The number of nitrogens with one attached hydrogen (secondary N) is 1. The van der Waals surface area contributed by atoms with Crippen molar-refractivity contribution in [1.82, 2.24) is 20.0 Å². The first-order chi connectivity index (χ1) is 16.1. The van der Waals surface area contributed by atoms with Crippen LogP contribution in [-0.2, 0) is 20.5 Å². The molecule has 3 aliphatic rings. The van der Waals surface area contributed by atoms with Crippen LogP contribution < -0.4 is 5.32 Å². The SMILES string of the molecule is C=CCN1C(=O)NC(c2ccccc2C(F)(F)F)C2=C1CN(C(C)C(=O)N1CCOCC1)C2=O. The van der Waals surface area contributed by atoms with Gasteiger partial charge in [-0.15, -0.1) is 6.58 Å². The van der Waals surface area contributed by atoms with Crippen molar-refractivity contribution in [3.05, 3.63) is 59.3 Å². The normalized spacial score (nSPS) is 22.0. The van der Waals surface area contributed by atoms with Crippen molar-refractivity contribution in [2.45, 2.75) is 25.2 Å². The topological polar surface area (TPSA) is 82.2 Å². The van der Waals surface area contributed by atoms with E-state index in [1.165, 1.54) is 34.1 Å². The highest BCUT2D eigenvalue weighted by Crippen LogP contribution is 2.42. The molecule has 2 unspecified atom stereocenters. The van der Waals surface area contributed by atoms with E-state index >= 15 is 0 Å². The molecule has 0 spiro atoms. The van der Waals surface area contributed by atoms with Crippen molar-refractivity contribution in [2.24, 2.45) is 0 Å². The number of morpholine rings is 1. The molecule has 34 heavy (non-hydrogen) atoms. The van der Waals surface area contributed by atoms with E-state index < -0.39 is 35.8 Å². The first kappa shape index (κ1) is 23.8. The number of alkyl halides is 3. The van der Waals surface area contributed by atoms with Gasteiger partial charge in [-0.3, -0.25) is 14.5 Å². The van der Waals surface area contributed by atoms with E-state index in [4.69, 9.17) is 4.74 Å². The fraction of sp³-hybridized carbons (Fsp3) is 0.435. The molecule has 1 saturated heterocycles. The van der Waals surface area contributed by atoms with Crippen molar-refractivity contribution in [2.75, 3.05) is 39.4 Å². The van der Waals surface area contributed by atoms with Crippen LogP contribution in [0.2, 0.25) is 0 Å². The molecular formula is C23H25F3N4O4. The Morgan fingerprint density at radius 3 is 2.59 bits per heavy atom. The molecule has 8 nitrogen and oxygen atoms in total. The summed E-state index contributed by atoms with van der Waals surface area (Å²) in [6.45, 7) is 6.76. The number of carbonyl (C=O) groups excluding carboxylic acids is 3. The predicted octanol–water partition coefficient (Wildman–Crippen LogP) is 2.30. The van der Waals surface area contributed by atoms with Crippen LogP contribution >= 0.6 is 0 Å². The Morgan fingerprint density at radius 1 is 1.26 bits per heavy atom. The summed E-state index contributed by atoms with van der Waals surface area (Å²) in [7, 11) is 0. The number of carbonyl (C=O) groups is 3. The summed E-state index contributed by atoms with van der Waals surface area (Å²) in [6.07, 6.45) is -3.22. The molecule has 3 heterocycles. The standard InChI is InChI=1S/C23H25F3N4O4/c1-3-8-29-17-13-30(14(2)20(31)28-9-11-34-12-10-28)21(32)18(17)19(27-22(29)33)15-6-4-5-7-16(15)23(24,25)26/h3-7,14,19H,1,8-13H2,2H3,(H,27,33). The minimum Gasteiger partial charge on any atom is -0.378 e. The van der Waals surface area contributed by atoms with Crippen LogP contribution in [0.4, 0.5) is 18.0 Å². The number of ether oxygens (including phenoxy) is 1. The average molecular weight is 478 g/mol. The number of rotatable bonds is 5. The molecule has 4 rings (SSSR count). The second-order valence-corrected chi connectivity index (χ2v) is 8.27. The number of benzene rings is 1. The molecule has 182 valence electrons. The van der Waals surface area contributed by atoms with E-state index in [1.54, 1.807) is 11.8 Å². The Morgan fingerprint density at radius 2 is 1.94 bits per heavy atom. The van der Waals surface area contributed by atoms with Crippen molar-refractivity contribution >= 4 is 17.8 Å². The third-order valence-corrected chi connectivity index (χ3v) is 6.29. The molecule has 0 aromatic heterocycles. The molecule has 11 heteroatoms. The van der Waals surface area contributed by atoms with E-state index in [0.29, 0.717) is 26.3 Å². The number of amides is 4. The molecule has 0 radical (unpaired) electrons. The first-order valence-electron chi connectivity index (χ1n) is 10.9. The summed E-state index contributed by atoms with van der Waals surface area (Å²) < 4.78 is 46.5. The molecule has 1 fully saturated rings. The van der Waals surface area contributed by atoms with Crippen molar-refractivity contribution < 1.29 is 32.3 Å². The smallest absolute Gasteiger partial charge is 0.378 e. The molecule has 1 N–H and O–H groups in total. The Bertz CT molecular complexity index is 1050. The molecule has 1 aromatic carbocycles. The van der Waals surface area contributed by atoms with Gasteiger partial charge in [0, 0.05) is 19.6 Å². The lowest BCUT2D eigenvalue weighted by Gasteiger charge is -2.33. The lowest BCUT2D eigenvalue weighted by molar-refractivity contribution is -0.145. The van der Waals surface area contributed by atoms with Crippen LogP contribution in [0, 0.1) is 0 Å². The summed E-state index contributed by atoms with van der Waals surface area (Å²) >= 11 is 0. The van der Waals surface area contributed by atoms with Gasteiger partial charge in [-0.1, -0.05) is 24.3 Å². The number of nitrogens with zero attached hydrogens (tertiary/aromatic N) is 3. The fourth-order valence-corrected chi connectivity index (χ4v) is 4.57. The van der Waals surface area contributed by atoms with Crippen LogP contribution in [-0.4, -0.2) is 78.0 Å². The van der Waals surface area contributed by atoms with Gasteiger partial charge in [-0.05, 0) is 18.6 Å². The third kappa shape index (κ3) is 4.15. The minimum absolute atomic E-state index is 0.0276. The van der Waals surface area contributed by atoms with E-state index in [0.717, 1.165) is 6.07 Å². The maximum absolute atomic E-state index is 13.7. The van der Waals surface area contributed by atoms with Crippen LogP contribution in [0.15, 0.2) is 48.2 Å². The van der Waals surface area contributed by atoms with Gasteiger partial charge in [0.15, 0.2) is 0 Å². The van der Waals surface area contributed by atoms with Crippen LogP contribution in [0.1, 0.15) is 24.1 Å². The first-order valence-corrected chi connectivity index (χ1v) is 10.9. The van der Waals surface area contributed by atoms with Crippen LogP contribution in [0.25, 0.3) is 0 Å². The van der Waals surface area contributed by atoms with Gasteiger partial charge in [-0.2, -0.15) is 13.2 Å². The molecule has 0 aliphatic carbocycles.